The second-order valence-electron chi connectivity index (χ2n) is 6.25. The van der Waals surface area contributed by atoms with E-state index in [2.05, 4.69) is 0 Å². The van der Waals surface area contributed by atoms with E-state index in [0.29, 0.717) is 52.9 Å². The summed E-state index contributed by atoms with van der Waals surface area (Å²) in [7, 11) is 3.33. The van der Waals surface area contributed by atoms with Crippen LogP contribution in [0.1, 0.15) is 34.1 Å². The minimum atomic E-state index is 0.140. The van der Waals surface area contributed by atoms with Gasteiger partial charge in [0.1, 0.15) is 0 Å². The van der Waals surface area contributed by atoms with Crippen LogP contribution in [0, 0.1) is 0 Å². The molecule has 29 heavy (non-hydrogen) atoms. The van der Waals surface area contributed by atoms with Gasteiger partial charge in [-0.25, -0.2) is 0 Å². The van der Waals surface area contributed by atoms with Gasteiger partial charge in [-0.15, -0.1) is 0 Å². The Morgan fingerprint density at radius 3 is 1.45 bits per heavy atom. The molecule has 0 amide bonds. The molecule has 178 valence electrons. The SMILES string of the molecule is CCOCC(C)OCCCOCCOC.CCOCC(C)OCCOCCOC. The topological polar surface area (TPSA) is 73.8 Å². The van der Waals surface area contributed by atoms with E-state index in [1.807, 2.05) is 27.7 Å². The summed E-state index contributed by atoms with van der Waals surface area (Å²) >= 11 is 0. The predicted molar refractivity (Wildman–Crippen MR) is 114 cm³/mol. The largest absolute Gasteiger partial charge is 0.382 e. The number of methoxy groups -OCH3 is 2. The van der Waals surface area contributed by atoms with E-state index >= 15 is 0 Å². The highest BCUT2D eigenvalue weighted by Crippen LogP contribution is 1.94. The highest BCUT2D eigenvalue weighted by Gasteiger charge is 2.01. The molecule has 0 saturated carbocycles. The first kappa shape index (κ1) is 30.9. The van der Waals surface area contributed by atoms with Gasteiger partial charge >= 0.3 is 0 Å². The minimum absolute atomic E-state index is 0.140. The van der Waals surface area contributed by atoms with Crippen LogP contribution < -0.4 is 0 Å². The fraction of sp³-hybridized carbons (Fsp3) is 1.00. The lowest BCUT2D eigenvalue weighted by Gasteiger charge is -2.12. The molecule has 0 aliphatic rings. The smallest absolute Gasteiger partial charge is 0.0781 e. The average Bonchev–Trinajstić information content (AvgIpc) is 2.73. The lowest BCUT2D eigenvalue weighted by atomic mass is 10.4. The summed E-state index contributed by atoms with van der Waals surface area (Å²) < 4.78 is 41.6. The highest BCUT2D eigenvalue weighted by atomic mass is 16.6. The first-order valence-electron chi connectivity index (χ1n) is 10.6. The monoisotopic (exact) mass is 426 g/mol. The van der Waals surface area contributed by atoms with Crippen molar-refractivity contribution in [3.05, 3.63) is 0 Å². The van der Waals surface area contributed by atoms with Gasteiger partial charge in [-0.2, -0.15) is 0 Å². The molecule has 2 atom stereocenters. The summed E-state index contributed by atoms with van der Waals surface area (Å²) in [4.78, 5) is 0. The quantitative estimate of drug-likeness (QED) is 0.259. The molecule has 0 radical (unpaired) electrons. The molecule has 2 unspecified atom stereocenters. The molecular weight excluding hydrogens is 380 g/mol. The van der Waals surface area contributed by atoms with E-state index in [1.165, 1.54) is 0 Å². The molecule has 0 spiro atoms. The Labute approximate surface area is 178 Å². The Bertz CT molecular complexity index is 281. The maximum atomic E-state index is 5.51. The van der Waals surface area contributed by atoms with Crippen LogP contribution in [0.15, 0.2) is 0 Å². The summed E-state index contributed by atoms with van der Waals surface area (Å²) in [6.07, 6.45) is 1.23. The zero-order valence-corrected chi connectivity index (χ0v) is 19.6. The van der Waals surface area contributed by atoms with Gasteiger partial charge < -0.3 is 37.9 Å². The normalized spacial score (nSPS) is 13.0. The van der Waals surface area contributed by atoms with Crippen molar-refractivity contribution in [1.82, 2.24) is 0 Å². The molecular formula is C21H46O8. The Morgan fingerprint density at radius 1 is 0.517 bits per heavy atom. The second kappa shape index (κ2) is 27.7. The van der Waals surface area contributed by atoms with Crippen LogP contribution in [0.4, 0.5) is 0 Å². The molecule has 0 heterocycles. The fourth-order valence-corrected chi connectivity index (χ4v) is 1.91. The van der Waals surface area contributed by atoms with Gasteiger partial charge in [-0.3, -0.25) is 0 Å². The lowest BCUT2D eigenvalue weighted by molar-refractivity contribution is -0.0326. The van der Waals surface area contributed by atoms with Gasteiger partial charge in [-0.1, -0.05) is 0 Å². The minimum Gasteiger partial charge on any atom is -0.382 e. The number of hydrogen-bond donors (Lipinski definition) is 0. The summed E-state index contributed by atoms with van der Waals surface area (Å²) in [6.45, 7) is 16.0. The first-order chi connectivity index (χ1) is 14.1. The lowest BCUT2D eigenvalue weighted by Crippen LogP contribution is -2.19. The van der Waals surface area contributed by atoms with Crippen molar-refractivity contribution < 1.29 is 37.9 Å². The van der Waals surface area contributed by atoms with Crippen LogP contribution in [0.25, 0.3) is 0 Å². The fourth-order valence-electron chi connectivity index (χ4n) is 1.91. The Hall–Kier alpha value is -0.320. The van der Waals surface area contributed by atoms with Gasteiger partial charge in [0.2, 0.25) is 0 Å². The molecule has 0 aromatic rings. The third kappa shape index (κ3) is 30.0. The van der Waals surface area contributed by atoms with Crippen LogP contribution in [-0.2, 0) is 37.9 Å². The van der Waals surface area contributed by atoms with Crippen molar-refractivity contribution >= 4 is 0 Å². The second-order valence-corrected chi connectivity index (χ2v) is 6.25. The van der Waals surface area contributed by atoms with E-state index in [4.69, 9.17) is 37.9 Å². The van der Waals surface area contributed by atoms with Crippen molar-refractivity contribution in [2.45, 2.75) is 46.3 Å². The summed E-state index contributed by atoms with van der Waals surface area (Å²) in [6, 6.07) is 0. The zero-order chi connectivity index (χ0) is 22.0. The van der Waals surface area contributed by atoms with Gasteiger partial charge in [0, 0.05) is 40.6 Å². The van der Waals surface area contributed by atoms with E-state index in [9.17, 15) is 0 Å². The number of hydrogen-bond acceptors (Lipinski definition) is 8. The van der Waals surface area contributed by atoms with Crippen molar-refractivity contribution in [3.8, 4) is 0 Å². The molecule has 0 aromatic heterocycles. The Balaban J connectivity index is 0. The molecule has 0 rings (SSSR count). The van der Waals surface area contributed by atoms with Gasteiger partial charge in [0.15, 0.2) is 0 Å². The summed E-state index contributed by atoms with van der Waals surface area (Å²) in [5.74, 6) is 0. The molecule has 0 aliphatic carbocycles. The molecule has 8 heteroatoms. The third-order valence-electron chi connectivity index (χ3n) is 3.44. The molecule has 0 fully saturated rings. The Morgan fingerprint density at radius 2 is 0.966 bits per heavy atom. The van der Waals surface area contributed by atoms with Crippen molar-refractivity contribution in [1.29, 1.82) is 0 Å². The van der Waals surface area contributed by atoms with E-state index < -0.39 is 0 Å². The predicted octanol–water partition coefficient (Wildman–Crippen LogP) is 2.57. The van der Waals surface area contributed by atoms with Gasteiger partial charge in [-0.05, 0) is 34.1 Å². The first-order valence-corrected chi connectivity index (χ1v) is 10.6. The molecule has 8 nitrogen and oxygen atoms in total. The average molecular weight is 427 g/mol. The maximum Gasteiger partial charge on any atom is 0.0781 e. The van der Waals surface area contributed by atoms with Crippen molar-refractivity contribution in [2.24, 2.45) is 0 Å². The van der Waals surface area contributed by atoms with Crippen LogP contribution >= 0.6 is 0 Å². The summed E-state index contributed by atoms with van der Waals surface area (Å²) in [5, 5.41) is 0. The van der Waals surface area contributed by atoms with Crippen LogP contribution in [0.2, 0.25) is 0 Å². The Kier molecular flexibility index (Phi) is 29.5. The van der Waals surface area contributed by atoms with Crippen LogP contribution in [-0.4, -0.2) is 106 Å². The third-order valence-corrected chi connectivity index (χ3v) is 3.44. The highest BCUT2D eigenvalue weighted by molar-refractivity contribution is 4.47. The zero-order valence-electron chi connectivity index (χ0n) is 19.6. The molecule has 0 saturated heterocycles. The van der Waals surface area contributed by atoms with E-state index in [-0.39, 0.29) is 12.2 Å². The van der Waals surface area contributed by atoms with Gasteiger partial charge in [0.05, 0.1) is 65.1 Å². The standard InChI is InChI=1S/C11H24O4.C10H22O4/c1-4-13-10-11(2)15-7-5-6-14-9-8-12-3;1-4-12-9-10(2)14-8-7-13-6-5-11-3/h11H,4-10H2,1-3H3;10H,4-9H2,1-3H3. The van der Waals surface area contributed by atoms with Crippen LogP contribution in [0.3, 0.4) is 0 Å². The number of ether oxygens (including phenoxy) is 8. The van der Waals surface area contributed by atoms with Gasteiger partial charge in [0.25, 0.3) is 0 Å². The summed E-state index contributed by atoms with van der Waals surface area (Å²) in [5.41, 5.74) is 0. The molecule has 0 aromatic carbocycles. The molecule has 0 N–H and O–H groups in total. The molecule has 0 aliphatic heterocycles. The maximum absolute atomic E-state index is 5.51. The van der Waals surface area contributed by atoms with E-state index in [0.717, 1.165) is 32.8 Å². The molecule has 0 bridgehead atoms. The van der Waals surface area contributed by atoms with E-state index in [1.54, 1.807) is 14.2 Å². The van der Waals surface area contributed by atoms with Crippen molar-refractivity contribution in [3.63, 3.8) is 0 Å². The van der Waals surface area contributed by atoms with Crippen molar-refractivity contribution in [2.75, 3.05) is 93.5 Å². The van der Waals surface area contributed by atoms with Crippen LogP contribution in [0.5, 0.6) is 0 Å². The number of rotatable bonds is 21.